The molecule has 2 N–H and O–H groups in total. The van der Waals surface area contributed by atoms with Gasteiger partial charge in [0.05, 0.1) is 3.79 Å². The van der Waals surface area contributed by atoms with Gasteiger partial charge in [0.15, 0.2) is 0 Å². The van der Waals surface area contributed by atoms with Gasteiger partial charge in [0.1, 0.15) is 4.21 Å². The van der Waals surface area contributed by atoms with Crippen molar-refractivity contribution in [1.82, 2.24) is 10.0 Å². The fraction of sp³-hybridized carbons (Fsp3) is 0.500. The highest BCUT2D eigenvalue weighted by Gasteiger charge is 2.23. The smallest absolute Gasteiger partial charge is 0.250 e. The molecule has 2 rings (SSSR count). The topological polar surface area (TPSA) is 58.2 Å². The summed E-state index contributed by atoms with van der Waals surface area (Å²) < 4.78 is 27.6. The third-order valence-electron chi connectivity index (χ3n) is 2.20. The van der Waals surface area contributed by atoms with Crippen molar-refractivity contribution in [3.63, 3.8) is 0 Å². The lowest BCUT2D eigenvalue weighted by atomic mass is 10.3. The zero-order valence-corrected chi connectivity index (χ0v) is 11.1. The van der Waals surface area contributed by atoms with E-state index in [-0.39, 0.29) is 6.04 Å². The highest BCUT2D eigenvalue weighted by atomic mass is 79.9. The van der Waals surface area contributed by atoms with Crippen molar-refractivity contribution in [2.45, 2.75) is 16.7 Å². The minimum atomic E-state index is -3.32. The second kappa shape index (κ2) is 4.50. The molecule has 1 fully saturated rings. The Labute approximate surface area is 101 Å². The van der Waals surface area contributed by atoms with Crippen LogP contribution < -0.4 is 10.0 Å². The number of hydrogen-bond acceptors (Lipinski definition) is 4. The van der Waals surface area contributed by atoms with Crippen LogP contribution in [0.4, 0.5) is 0 Å². The number of rotatable bonds is 3. The zero-order chi connectivity index (χ0) is 10.9. The van der Waals surface area contributed by atoms with Crippen molar-refractivity contribution in [2.75, 3.05) is 13.1 Å². The molecule has 0 bridgehead atoms. The molecule has 0 saturated carbocycles. The summed E-state index contributed by atoms with van der Waals surface area (Å²) in [5, 5.41) is 3.12. The molecule has 15 heavy (non-hydrogen) atoms. The van der Waals surface area contributed by atoms with Gasteiger partial charge in [0.2, 0.25) is 10.0 Å². The Hall–Kier alpha value is 0.0500. The molecule has 2 heterocycles. The first kappa shape index (κ1) is 11.5. The van der Waals surface area contributed by atoms with Crippen molar-refractivity contribution >= 4 is 37.3 Å². The maximum Gasteiger partial charge on any atom is 0.250 e. The van der Waals surface area contributed by atoms with E-state index in [1.165, 1.54) is 11.3 Å². The molecule has 1 aromatic heterocycles. The molecule has 0 aromatic carbocycles. The van der Waals surface area contributed by atoms with Crippen molar-refractivity contribution < 1.29 is 8.42 Å². The van der Waals surface area contributed by atoms with Crippen LogP contribution in [-0.2, 0) is 10.0 Å². The maximum absolute atomic E-state index is 11.9. The van der Waals surface area contributed by atoms with Crippen molar-refractivity contribution in [3.05, 3.63) is 15.9 Å². The lowest BCUT2D eigenvalue weighted by Gasteiger charge is -2.10. The fourth-order valence-electron chi connectivity index (χ4n) is 1.47. The van der Waals surface area contributed by atoms with Crippen LogP contribution in [0.3, 0.4) is 0 Å². The van der Waals surface area contributed by atoms with Crippen molar-refractivity contribution in [2.24, 2.45) is 0 Å². The molecule has 0 aliphatic carbocycles. The minimum Gasteiger partial charge on any atom is -0.315 e. The third-order valence-corrected chi connectivity index (χ3v) is 5.83. The van der Waals surface area contributed by atoms with Gasteiger partial charge in [-0.2, -0.15) is 0 Å². The van der Waals surface area contributed by atoms with Crippen LogP contribution in [0.1, 0.15) is 6.42 Å². The van der Waals surface area contributed by atoms with Gasteiger partial charge in [-0.1, -0.05) is 0 Å². The molecule has 1 aliphatic rings. The predicted molar refractivity (Wildman–Crippen MR) is 63.6 cm³/mol. The normalized spacial score (nSPS) is 22.1. The van der Waals surface area contributed by atoms with Gasteiger partial charge in [-0.3, -0.25) is 0 Å². The van der Waals surface area contributed by atoms with Gasteiger partial charge in [0, 0.05) is 12.6 Å². The lowest BCUT2D eigenvalue weighted by Crippen LogP contribution is -2.35. The predicted octanol–water partition coefficient (Wildman–Crippen LogP) is 1.15. The molecule has 1 aromatic rings. The van der Waals surface area contributed by atoms with Crippen LogP contribution >= 0.6 is 27.3 Å². The standard InChI is InChI=1S/C8H11BrN2O2S2/c9-7-1-2-8(14-7)15(12,13)11-6-3-4-10-5-6/h1-2,6,10-11H,3-5H2. The number of halogens is 1. The Kier molecular flexibility index (Phi) is 3.46. The molecule has 1 atom stereocenters. The SMILES string of the molecule is O=S(=O)(NC1CCNC1)c1ccc(Br)s1. The Morgan fingerprint density at radius 2 is 2.33 bits per heavy atom. The van der Waals surface area contributed by atoms with E-state index >= 15 is 0 Å². The first-order chi connectivity index (χ1) is 7.08. The molecular formula is C8H11BrN2O2S2. The summed E-state index contributed by atoms with van der Waals surface area (Å²) in [4.78, 5) is 0. The van der Waals surface area contributed by atoms with E-state index in [2.05, 4.69) is 26.0 Å². The van der Waals surface area contributed by atoms with Crippen LogP contribution in [0.15, 0.2) is 20.1 Å². The molecule has 0 amide bonds. The van der Waals surface area contributed by atoms with Crippen LogP contribution in [0.25, 0.3) is 0 Å². The number of thiophene rings is 1. The molecule has 1 aliphatic heterocycles. The summed E-state index contributed by atoms with van der Waals surface area (Å²) in [6, 6.07) is 3.38. The average molecular weight is 311 g/mol. The van der Waals surface area contributed by atoms with Crippen molar-refractivity contribution in [1.29, 1.82) is 0 Å². The number of sulfonamides is 1. The summed E-state index contributed by atoms with van der Waals surface area (Å²) in [5.74, 6) is 0. The van der Waals surface area contributed by atoms with Crippen LogP contribution in [0, 0.1) is 0 Å². The summed E-state index contributed by atoms with van der Waals surface area (Å²) in [5.41, 5.74) is 0. The van der Waals surface area contributed by atoms with Gasteiger partial charge in [0.25, 0.3) is 0 Å². The molecule has 7 heteroatoms. The fourth-order valence-corrected chi connectivity index (χ4v) is 4.77. The van der Waals surface area contributed by atoms with E-state index in [1.54, 1.807) is 12.1 Å². The first-order valence-corrected chi connectivity index (χ1v) is 7.65. The highest BCUT2D eigenvalue weighted by molar-refractivity contribution is 9.11. The summed E-state index contributed by atoms with van der Waals surface area (Å²) in [6.07, 6.45) is 0.853. The summed E-state index contributed by atoms with van der Waals surface area (Å²) in [7, 11) is -3.32. The van der Waals surface area contributed by atoms with Crippen LogP contribution in [0.5, 0.6) is 0 Å². The average Bonchev–Trinajstić information content (AvgIpc) is 2.75. The second-order valence-corrected chi connectivity index (χ2v) is 7.77. The van der Waals surface area contributed by atoms with Gasteiger partial charge in [-0.15, -0.1) is 11.3 Å². The van der Waals surface area contributed by atoms with E-state index in [4.69, 9.17) is 0 Å². The quantitative estimate of drug-likeness (QED) is 0.880. The van der Waals surface area contributed by atoms with Gasteiger partial charge >= 0.3 is 0 Å². The maximum atomic E-state index is 11.9. The van der Waals surface area contributed by atoms with E-state index < -0.39 is 10.0 Å². The molecule has 0 radical (unpaired) electrons. The summed E-state index contributed by atoms with van der Waals surface area (Å²) in [6.45, 7) is 1.59. The van der Waals surface area contributed by atoms with Gasteiger partial charge in [-0.25, -0.2) is 13.1 Å². The Morgan fingerprint density at radius 1 is 1.53 bits per heavy atom. The first-order valence-electron chi connectivity index (χ1n) is 4.56. The number of nitrogens with one attached hydrogen (secondary N) is 2. The summed E-state index contributed by atoms with van der Waals surface area (Å²) >= 11 is 4.48. The van der Waals surface area contributed by atoms with E-state index in [0.29, 0.717) is 10.8 Å². The Balaban J connectivity index is 2.12. The third kappa shape index (κ3) is 2.79. The second-order valence-electron chi connectivity index (χ2n) is 3.37. The van der Waals surface area contributed by atoms with Crippen LogP contribution in [-0.4, -0.2) is 27.5 Å². The number of hydrogen-bond donors (Lipinski definition) is 2. The lowest BCUT2D eigenvalue weighted by molar-refractivity contribution is 0.562. The van der Waals surface area contributed by atoms with Gasteiger partial charge in [-0.05, 0) is 41.0 Å². The van der Waals surface area contributed by atoms with Gasteiger partial charge < -0.3 is 5.32 Å². The molecule has 0 spiro atoms. The molecule has 1 unspecified atom stereocenters. The Morgan fingerprint density at radius 3 is 2.87 bits per heavy atom. The Bertz CT molecular complexity index is 437. The monoisotopic (exact) mass is 310 g/mol. The van der Waals surface area contributed by atoms with Crippen LogP contribution in [0.2, 0.25) is 0 Å². The molecule has 1 saturated heterocycles. The zero-order valence-electron chi connectivity index (χ0n) is 7.86. The van der Waals surface area contributed by atoms with Crippen molar-refractivity contribution in [3.8, 4) is 0 Å². The molecule has 4 nitrogen and oxygen atoms in total. The highest BCUT2D eigenvalue weighted by Crippen LogP contribution is 2.26. The molecule has 84 valence electrons. The minimum absolute atomic E-state index is 0.0240. The van der Waals surface area contributed by atoms with E-state index in [1.807, 2.05) is 0 Å². The van der Waals surface area contributed by atoms with E-state index in [0.717, 1.165) is 16.8 Å². The molecular weight excluding hydrogens is 300 g/mol. The van der Waals surface area contributed by atoms with E-state index in [9.17, 15) is 8.42 Å². The largest absolute Gasteiger partial charge is 0.315 e.